The lowest BCUT2D eigenvalue weighted by Gasteiger charge is -2.57. The standard InChI is InChI=1S/C19H31NO/c1-5-10-18(11-6-2)13-19(14-18,15-20-3)16-8-7-9-17(12-16)21-4/h7-9,12,20H,5-6,10-11,13-15H2,1-4H3. The van der Waals surface area contributed by atoms with E-state index in [1.165, 1.54) is 44.1 Å². The first-order valence-corrected chi connectivity index (χ1v) is 8.43. The Balaban J connectivity index is 2.23. The summed E-state index contributed by atoms with van der Waals surface area (Å²) in [7, 11) is 3.82. The van der Waals surface area contributed by atoms with Gasteiger partial charge in [0, 0.05) is 12.0 Å². The summed E-state index contributed by atoms with van der Waals surface area (Å²) in [6.45, 7) is 5.71. The fourth-order valence-corrected chi connectivity index (χ4v) is 4.65. The van der Waals surface area contributed by atoms with Crippen molar-refractivity contribution in [2.24, 2.45) is 5.41 Å². The van der Waals surface area contributed by atoms with E-state index in [1.807, 2.05) is 6.07 Å². The summed E-state index contributed by atoms with van der Waals surface area (Å²) in [5.74, 6) is 0.978. The molecule has 0 amide bonds. The number of ether oxygens (including phenoxy) is 1. The van der Waals surface area contributed by atoms with Crippen LogP contribution < -0.4 is 10.1 Å². The summed E-state index contributed by atoms with van der Waals surface area (Å²) in [5.41, 5.74) is 2.32. The molecule has 0 atom stereocenters. The minimum absolute atomic E-state index is 0.299. The van der Waals surface area contributed by atoms with Crippen molar-refractivity contribution in [1.82, 2.24) is 5.32 Å². The van der Waals surface area contributed by atoms with Crippen LogP contribution in [0.2, 0.25) is 0 Å². The van der Waals surface area contributed by atoms with Gasteiger partial charge in [-0.05, 0) is 55.8 Å². The van der Waals surface area contributed by atoms with Gasteiger partial charge in [0.2, 0.25) is 0 Å². The van der Waals surface area contributed by atoms with Gasteiger partial charge in [-0.25, -0.2) is 0 Å². The molecule has 0 radical (unpaired) electrons. The molecule has 1 aliphatic rings. The highest BCUT2D eigenvalue weighted by Gasteiger charge is 2.53. The molecule has 1 aromatic carbocycles. The Morgan fingerprint density at radius 2 is 1.81 bits per heavy atom. The number of nitrogens with one attached hydrogen (secondary N) is 1. The molecule has 0 aliphatic heterocycles. The van der Waals surface area contributed by atoms with E-state index in [0.29, 0.717) is 10.8 Å². The maximum absolute atomic E-state index is 5.42. The molecule has 1 aromatic rings. The lowest BCUT2D eigenvalue weighted by molar-refractivity contribution is 0.00379. The maximum atomic E-state index is 5.42. The van der Waals surface area contributed by atoms with Crippen LogP contribution in [0.15, 0.2) is 24.3 Å². The van der Waals surface area contributed by atoms with E-state index in [1.54, 1.807) is 7.11 Å². The molecule has 0 spiro atoms. The highest BCUT2D eigenvalue weighted by molar-refractivity contribution is 5.37. The van der Waals surface area contributed by atoms with Crippen molar-refractivity contribution in [1.29, 1.82) is 0 Å². The van der Waals surface area contributed by atoms with E-state index in [9.17, 15) is 0 Å². The first-order chi connectivity index (χ1) is 10.1. The van der Waals surface area contributed by atoms with Crippen LogP contribution in [-0.4, -0.2) is 20.7 Å². The van der Waals surface area contributed by atoms with Crippen LogP contribution in [0.1, 0.15) is 57.9 Å². The van der Waals surface area contributed by atoms with Crippen molar-refractivity contribution >= 4 is 0 Å². The van der Waals surface area contributed by atoms with Crippen LogP contribution in [0.25, 0.3) is 0 Å². The second-order valence-corrected chi connectivity index (χ2v) is 6.90. The molecule has 1 fully saturated rings. The third-order valence-electron chi connectivity index (χ3n) is 5.18. The number of rotatable bonds is 8. The summed E-state index contributed by atoms with van der Waals surface area (Å²) in [4.78, 5) is 0. The number of likely N-dealkylation sites (N-methyl/N-ethyl adjacent to an activating group) is 1. The zero-order chi connectivity index (χ0) is 15.3. The molecule has 2 heteroatoms. The van der Waals surface area contributed by atoms with Crippen molar-refractivity contribution in [3.63, 3.8) is 0 Å². The fraction of sp³-hybridized carbons (Fsp3) is 0.684. The molecular formula is C19H31NO. The van der Waals surface area contributed by atoms with Crippen molar-refractivity contribution in [2.75, 3.05) is 20.7 Å². The van der Waals surface area contributed by atoms with E-state index in [-0.39, 0.29) is 0 Å². The zero-order valence-electron chi connectivity index (χ0n) is 14.2. The SMILES string of the molecule is CCCC1(CCC)CC(CNC)(c2cccc(OC)c2)C1. The largest absolute Gasteiger partial charge is 0.497 e. The smallest absolute Gasteiger partial charge is 0.119 e. The normalized spacial score (nSPS) is 19.0. The van der Waals surface area contributed by atoms with Gasteiger partial charge in [0.25, 0.3) is 0 Å². The Labute approximate surface area is 130 Å². The Bertz CT molecular complexity index is 441. The number of benzene rings is 1. The van der Waals surface area contributed by atoms with Crippen LogP contribution in [0.3, 0.4) is 0 Å². The Morgan fingerprint density at radius 3 is 2.33 bits per heavy atom. The topological polar surface area (TPSA) is 21.3 Å². The number of methoxy groups -OCH3 is 1. The Hall–Kier alpha value is -1.02. The van der Waals surface area contributed by atoms with E-state index in [0.717, 1.165) is 12.3 Å². The predicted molar refractivity (Wildman–Crippen MR) is 90.1 cm³/mol. The molecule has 1 aliphatic carbocycles. The third kappa shape index (κ3) is 3.26. The highest BCUT2D eigenvalue weighted by atomic mass is 16.5. The third-order valence-corrected chi connectivity index (χ3v) is 5.18. The van der Waals surface area contributed by atoms with Crippen molar-refractivity contribution in [2.45, 2.75) is 57.8 Å². The second kappa shape index (κ2) is 6.83. The molecule has 0 unspecified atom stereocenters. The molecule has 0 heterocycles. The molecule has 21 heavy (non-hydrogen) atoms. The van der Waals surface area contributed by atoms with Crippen molar-refractivity contribution < 1.29 is 4.74 Å². The monoisotopic (exact) mass is 289 g/mol. The van der Waals surface area contributed by atoms with Gasteiger partial charge >= 0.3 is 0 Å². The fourth-order valence-electron chi connectivity index (χ4n) is 4.65. The summed E-state index contributed by atoms with van der Waals surface area (Å²) in [5, 5.41) is 3.43. The molecule has 0 bridgehead atoms. The summed E-state index contributed by atoms with van der Waals surface area (Å²) < 4.78 is 5.42. The van der Waals surface area contributed by atoms with Crippen molar-refractivity contribution in [3.05, 3.63) is 29.8 Å². The van der Waals surface area contributed by atoms with Gasteiger partial charge in [0.15, 0.2) is 0 Å². The zero-order valence-corrected chi connectivity index (χ0v) is 14.2. The minimum atomic E-state index is 0.299. The van der Waals surface area contributed by atoms with Gasteiger partial charge in [-0.3, -0.25) is 0 Å². The first-order valence-electron chi connectivity index (χ1n) is 8.43. The predicted octanol–water partition coefficient (Wildman–Crippen LogP) is 4.53. The number of hydrogen-bond acceptors (Lipinski definition) is 2. The van der Waals surface area contributed by atoms with Gasteiger partial charge in [0.05, 0.1) is 7.11 Å². The summed E-state index contributed by atoms with van der Waals surface area (Å²) >= 11 is 0. The van der Waals surface area contributed by atoms with Crippen LogP contribution in [0, 0.1) is 5.41 Å². The summed E-state index contributed by atoms with van der Waals surface area (Å²) in [6, 6.07) is 8.69. The number of hydrogen-bond donors (Lipinski definition) is 1. The van der Waals surface area contributed by atoms with E-state index in [2.05, 4.69) is 44.4 Å². The molecule has 0 aromatic heterocycles. The Morgan fingerprint density at radius 1 is 1.14 bits per heavy atom. The Kier molecular flexibility index (Phi) is 5.32. The van der Waals surface area contributed by atoms with Crippen LogP contribution in [0.5, 0.6) is 5.75 Å². The van der Waals surface area contributed by atoms with E-state index < -0.39 is 0 Å². The molecular weight excluding hydrogens is 258 g/mol. The lowest BCUT2D eigenvalue weighted by atomic mass is 9.48. The quantitative estimate of drug-likeness (QED) is 0.759. The van der Waals surface area contributed by atoms with Gasteiger partial charge in [-0.1, -0.05) is 38.8 Å². The lowest BCUT2D eigenvalue weighted by Crippen LogP contribution is -2.54. The van der Waals surface area contributed by atoms with Gasteiger partial charge < -0.3 is 10.1 Å². The summed E-state index contributed by atoms with van der Waals surface area (Å²) in [6.07, 6.45) is 7.97. The molecule has 0 saturated heterocycles. The highest BCUT2D eigenvalue weighted by Crippen LogP contribution is 2.60. The molecule has 1 N–H and O–H groups in total. The first kappa shape index (κ1) is 16.4. The van der Waals surface area contributed by atoms with Gasteiger partial charge in [0.1, 0.15) is 5.75 Å². The molecule has 2 rings (SSSR count). The average Bonchev–Trinajstić information content (AvgIpc) is 2.46. The molecule has 2 nitrogen and oxygen atoms in total. The molecule has 1 saturated carbocycles. The minimum Gasteiger partial charge on any atom is -0.497 e. The van der Waals surface area contributed by atoms with Crippen LogP contribution in [0.4, 0.5) is 0 Å². The second-order valence-electron chi connectivity index (χ2n) is 6.90. The van der Waals surface area contributed by atoms with Crippen molar-refractivity contribution in [3.8, 4) is 5.75 Å². The maximum Gasteiger partial charge on any atom is 0.119 e. The van der Waals surface area contributed by atoms with E-state index >= 15 is 0 Å². The van der Waals surface area contributed by atoms with Crippen LogP contribution >= 0.6 is 0 Å². The van der Waals surface area contributed by atoms with Gasteiger partial charge in [-0.15, -0.1) is 0 Å². The van der Waals surface area contributed by atoms with Crippen LogP contribution in [-0.2, 0) is 5.41 Å². The average molecular weight is 289 g/mol. The van der Waals surface area contributed by atoms with Gasteiger partial charge in [-0.2, -0.15) is 0 Å². The van der Waals surface area contributed by atoms with E-state index in [4.69, 9.17) is 4.74 Å². The molecule has 118 valence electrons.